The van der Waals surface area contributed by atoms with Crippen LogP contribution in [0.25, 0.3) is 0 Å². The van der Waals surface area contributed by atoms with Gasteiger partial charge in [0, 0.05) is 5.56 Å². The monoisotopic (exact) mass is 260 g/mol. The van der Waals surface area contributed by atoms with Crippen molar-refractivity contribution in [1.29, 1.82) is 0 Å². The lowest BCUT2D eigenvalue weighted by Gasteiger charge is -2.20. The maximum atomic E-state index is 14.0. The molecule has 0 saturated heterocycles. The minimum atomic E-state index is -4.49. The number of alkyl halides is 3. The standard InChI is InChI=1S/C14H16F4/c1-8(2)9-6-10(14(16,17)18)12(11(15)7-9)13(3)4-5-13/h6-8H,4-5H2,1-3H3. The van der Waals surface area contributed by atoms with Crippen LogP contribution in [0.2, 0.25) is 0 Å². The summed E-state index contributed by atoms with van der Waals surface area (Å²) in [7, 11) is 0. The summed E-state index contributed by atoms with van der Waals surface area (Å²) in [6.45, 7) is 5.20. The van der Waals surface area contributed by atoms with Gasteiger partial charge < -0.3 is 0 Å². The highest BCUT2D eigenvalue weighted by Gasteiger charge is 2.47. The molecule has 0 atom stereocenters. The van der Waals surface area contributed by atoms with E-state index in [1.807, 2.05) is 0 Å². The zero-order chi connectivity index (χ0) is 13.7. The minimum Gasteiger partial charge on any atom is -0.207 e. The number of benzene rings is 1. The van der Waals surface area contributed by atoms with Crippen LogP contribution in [0.4, 0.5) is 17.6 Å². The molecule has 0 bridgehead atoms. The zero-order valence-electron chi connectivity index (χ0n) is 10.7. The molecule has 0 radical (unpaired) electrons. The average Bonchev–Trinajstić information content (AvgIpc) is 2.94. The van der Waals surface area contributed by atoms with E-state index in [0.29, 0.717) is 18.4 Å². The maximum absolute atomic E-state index is 14.0. The molecule has 0 heterocycles. The van der Waals surface area contributed by atoms with Crippen molar-refractivity contribution in [2.75, 3.05) is 0 Å². The molecular weight excluding hydrogens is 244 g/mol. The molecule has 1 fully saturated rings. The average molecular weight is 260 g/mol. The Morgan fingerprint density at radius 2 is 1.72 bits per heavy atom. The smallest absolute Gasteiger partial charge is 0.207 e. The van der Waals surface area contributed by atoms with Gasteiger partial charge in [0.2, 0.25) is 0 Å². The third-order valence-corrected chi connectivity index (χ3v) is 3.69. The Kier molecular flexibility index (Phi) is 2.95. The molecule has 0 amide bonds. The molecule has 0 nitrogen and oxygen atoms in total. The molecule has 4 heteroatoms. The molecule has 100 valence electrons. The van der Waals surface area contributed by atoms with Gasteiger partial charge in [-0.25, -0.2) is 4.39 Å². The normalized spacial score (nSPS) is 18.2. The van der Waals surface area contributed by atoms with Crippen molar-refractivity contribution >= 4 is 0 Å². The molecule has 0 unspecified atom stereocenters. The van der Waals surface area contributed by atoms with Crippen molar-refractivity contribution in [3.63, 3.8) is 0 Å². The number of hydrogen-bond donors (Lipinski definition) is 0. The van der Waals surface area contributed by atoms with Crippen molar-refractivity contribution in [3.8, 4) is 0 Å². The van der Waals surface area contributed by atoms with Crippen molar-refractivity contribution in [3.05, 3.63) is 34.6 Å². The summed E-state index contributed by atoms with van der Waals surface area (Å²) in [5, 5.41) is 0. The lowest BCUT2D eigenvalue weighted by molar-refractivity contribution is -0.138. The Morgan fingerprint density at radius 1 is 1.17 bits per heavy atom. The minimum absolute atomic E-state index is 0.123. The van der Waals surface area contributed by atoms with Crippen LogP contribution in [0, 0.1) is 5.82 Å². The molecule has 1 aliphatic rings. The van der Waals surface area contributed by atoms with Gasteiger partial charge in [-0.2, -0.15) is 13.2 Å². The molecule has 1 aromatic rings. The Balaban J connectivity index is 2.65. The van der Waals surface area contributed by atoms with Crippen molar-refractivity contribution in [2.24, 2.45) is 0 Å². The van der Waals surface area contributed by atoms with Crippen LogP contribution in [-0.4, -0.2) is 0 Å². The summed E-state index contributed by atoms with van der Waals surface area (Å²) in [6, 6.07) is 2.35. The molecule has 0 aromatic heterocycles. The highest BCUT2D eigenvalue weighted by molar-refractivity contribution is 5.44. The fraction of sp³-hybridized carbons (Fsp3) is 0.571. The molecule has 18 heavy (non-hydrogen) atoms. The molecule has 0 spiro atoms. The second-order valence-corrected chi connectivity index (χ2v) is 5.64. The van der Waals surface area contributed by atoms with E-state index in [-0.39, 0.29) is 11.5 Å². The van der Waals surface area contributed by atoms with Gasteiger partial charge in [-0.1, -0.05) is 20.8 Å². The van der Waals surface area contributed by atoms with Gasteiger partial charge in [-0.3, -0.25) is 0 Å². The van der Waals surface area contributed by atoms with Gasteiger partial charge in [-0.05, 0) is 41.9 Å². The van der Waals surface area contributed by atoms with Crippen molar-refractivity contribution in [2.45, 2.75) is 51.1 Å². The van der Waals surface area contributed by atoms with E-state index < -0.39 is 23.0 Å². The summed E-state index contributed by atoms with van der Waals surface area (Å²) in [4.78, 5) is 0. The van der Waals surface area contributed by atoms with Crippen LogP contribution in [0.3, 0.4) is 0 Å². The van der Waals surface area contributed by atoms with E-state index in [0.717, 1.165) is 6.07 Å². The van der Waals surface area contributed by atoms with Crippen molar-refractivity contribution < 1.29 is 17.6 Å². The zero-order valence-corrected chi connectivity index (χ0v) is 10.7. The number of rotatable bonds is 2. The van der Waals surface area contributed by atoms with E-state index in [1.165, 1.54) is 6.07 Å². The number of hydrogen-bond acceptors (Lipinski definition) is 0. The quantitative estimate of drug-likeness (QED) is 0.655. The highest BCUT2D eigenvalue weighted by Crippen LogP contribution is 2.52. The van der Waals surface area contributed by atoms with E-state index in [1.54, 1.807) is 20.8 Å². The lowest BCUT2D eigenvalue weighted by Crippen LogP contribution is -2.17. The SMILES string of the molecule is CC(C)c1cc(F)c(C2(C)CC2)c(C(F)(F)F)c1. The molecule has 1 aliphatic carbocycles. The van der Waals surface area contributed by atoms with Gasteiger partial charge in [0.05, 0.1) is 5.56 Å². The van der Waals surface area contributed by atoms with Crippen LogP contribution < -0.4 is 0 Å². The first-order valence-corrected chi connectivity index (χ1v) is 6.06. The first-order valence-electron chi connectivity index (χ1n) is 6.06. The lowest BCUT2D eigenvalue weighted by atomic mass is 9.88. The topological polar surface area (TPSA) is 0 Å². The largest absolute Gasteiger partial charge is 0.416 e. The second-order valence-electron chi connectivity index (χ2n) is 5.64. The predicted octanol–water partition coefficient (Wildman–Crippen LogP) is 5.02. The molecule has 0 N–H and O–H groups in total. The number of halogens is 4. The van der Waals surface area contributed by atoms with Gasteiger partial charge in [-0.15, -0.1) is 0 Å². The van der Waals surface area contributed by atoms with E-state index in [9.17, 15) is 17.6 Å². The molecular formula is C14H16F4. The second kappa shape index (κ2) is 3.97. The summed E-state index contributed by atoms with van der Waals surface area (Å²) < 4.78 is 53.2. The van der Waals surface area contributed by atoms with Crippen LogP contribution in [0.1, 0.15) is 56.2 Å². The van der Waals surface area contributed by atoms with Gasteiger partial charge in [0.25, 0.3) is 0 Å². The van der Waals surface area contributed by atoms with Gasteiger partial charge in [0.1, 0.15) is 5.82 Å². The Labute approximate surface area is 104 Å². The van der Waals surface area contributed by atoms with Crippen LogP contribution in [-0.2, 0) is 11.6 Å². The first kappa shape index (κ1) is 13.4. The predicted molar refractivity (Wildman–Crippen MR) is 62.1 cm³/mol. The summed E-state index contributed by atoms with van der Waals surface area (Å²) in [5.74, 6) is -0.838. The van der Waals surface area contributed by atoms with E-state index in [2.05, 4.69) is 0 Å². The molecule has 1 aromatic carbocycles. The van der Waals surface area contributed by atoms with E-state index in [4.69, 9.17) is 0 Å². The van der Waals surface area contributed by atoms with Crippen LogP contribution in [0.5, 0.6) is 0 Å². The van der Waals surface area contributed by atoms with Gasteiger partial charge >= 0.3 is 6.18 Å². The van der Waals surface area contributed by atoms with Gasteiger partial charge in [0.15, 0.2) is 0 Å². The Bertz CT molecular complexity index is 467. The Hall–Kier alpha value is -1.06. The first-order chi connectivity index (χ1) is 8.15. The highest BCUT2D eigenvalue weighted by atomic mass is 19.4. The third kappa shape index (κ3) is 2.25. The molecule has 2 rings (SSSR count). The molecule has 0 aliphatic heterocycles. The van der Waals surface area contributed by atoms with Crippen LogP contribution >= 0.6 is 0 Å². The summed E-state index contributed by atoms with van der Waals surface area (Å²) in [6.07, 6.45) is -3.26. The van der Waals surface area contributed by atoms with Crippen molar-refractivity contribution in [1.82, 2.24) is 0 Å². The fourth-order valence-electron chi connectivity index (χ4n) is 2.24. The fourth-order valence-corrected chi connectivity index (χ4v) is 2.24. The third-order valence-electron chi connectivity index (χ3n) is 3.69. The Morgan fingerprint density at radius 3 is 2.11 bits per heavy atom. The van der Waals surface area contributed by atoms with Crippen LogP contribution in [0.15, 0.2) is 12.1 Å². The summed E-state index contributed by atoms with van der Waals surface area (Å²) in [5.41, 5.74) is -1.19. The molecule has 1 saturated carbocycles. The maximum Gasteiger partial charge on any atom is 0.416 e. The van der Waals surface area contributed by atoms with E-state index >= 15 is 0 Å². The summed E-state index contributed by atoms with van der Waals surface area (Å²) >= 11 is 0.